The van der Waals surface area contributed by atoms with E-state index in [-0.39, 0.29) is 0 Å². The van der Waals surface area contributed by atoms with E-state index in [9.17, 15) is 0 Å². The number of nitrogens with one attached hydrogen (secondary N) is 2. The molecular formula is C11H15BrN2. The first-order valence-corrected chi connectivity index (χ1v) is 5.77. The van der Waals surface area contributed by atoms with Gasteiger partial charge in [-0.3, -0.25) is 0 Å². The molecule has 0 radical (unpaired) electrons. The summed E-state index contributed by atoms with van der Waals surface area (Å²) in [5.74, 6) is 0. The molecule has 2 N–H and O–H groups in total. The van der Waals surface area contributed by atoms with Crippen LogP contribution in [0.4, 0.5) is 0 Å². The lowest BCUT2D eigenvalue weighted by Gasteiger charge is -2.26. The van der Waals surface area contributed by atoms with Gasteiger partial charge in [-0.05, 0) is 30.2 Å². The monoisotopic (exact) mass is 254 g/mol. The van der Waals surface area contributed by atoms with Gasteiger partial charge in [-0.15, -0.1) is 0 Å². The van der Waals surface area contributed by atoms with E-state index in [4.69, 9.17) is 0 Å². The topological polar surface area (TPSA) is 24.1 Å². The zero-order valence-corrected chi connectivity index (χ0v) is 9.89. The first-order valence-electron chi connectivity index (χ1n) is 4.97. The van der Waals surface area contributed by atoms with E-state index < -0.39 is 0 Å². The first kappa shape index (κ1) is 10.1. The Morgan fingerprint density at radius 2 is 2.21 bits per heavy atom. The summed E-state index contributed by atoms with van der Waals surface area (Å²) >= 11 is 3.51. The molecule has 1 atom stereocenters. The summed E-state index contributed by atoms with van der Waals surface area (Å²) in [6.07, 6.45) is 0. The average Bonchev–Trinajstić information content (AvgIpc) is 2.23. The summed E-state index contributed by atoms with van der Waals surface area (Å²) in [5, 5.41) is 6.92. The standard InChI is InChI=1S/C11H15BrN2/c1-8-2-3-9(12)6-10(8)11-7-13-4-5-14-11/h2-3,6,11,13-14H,4-5,7H2,1H3/t11-/m1/s1. The van der Waals surface area contributed by atoms with Crippen LogP contribution in [0.5, 0.6) is 0 Å². The van der Waals surface area contributed by atoms with E-state index in [0.29, 0.717) is 6.04 Å². The zero-order valence-electron chi connectivity index (χ0n) is 8.31. The Labute approximate surface area is 93.2 Å². The van der Waals surface area contributed by atoms with Gasteiger partial charge in [0.15, 0.2) is 0 Å². The van der Waals surface area contributed by atoms with E-state index >= 15 is 0 Å². The Morgan fingerprint density at radius 3 is 2.93 bits per heavy atom. The number of halogens is 1. The molecule has 76 valence electrons. The molecule has 0 aromatic heterocycles. The lowest BCUT2D eigenvalue weighted by atomic mass is 10.0. The molecule has 1 aliphatic heterocycles. The van der Waals surface area contributed by atoms with Gasteiger partial charge in [0.1, 0.15) is 0 Å². The second-order valence-electron chi connectivity index (χ2n) is 3.71. The second-order valence-corrected chi connectivity index (χ2v) is 4.63. The molecule has 14 heavy (non-hydrogen) atoms. The molecule has 1 aromatic carbocycles. The first-order chi connectivity index (χ1) is 6.77. The Morgan fingerprint density at radius 1 is 1.36 bits per heavy atom. The summed E-state index contributed by atoms with van der Waals surface area (Å²) in [7, 11) is 0. The molecule has 1 saturated heterocycles. The van der Waals surface area contributed by atoms with Crippen molar-refractivity contribution < 1.29 is 0 Å². The van der Waals surface area contributed by atoms with Crippen molar-refractivity contribution in [2.75, 3.05) is 19.6 Å². The van der Waals surface area contributed by atoms with Gasteiger partial charge in [-0.2, -0.15) is 0 Å². The van der Waals surface area contributed by atoms with Crippen LogP contribution in [0.15, 0.2) is 22.7 Å². The molecule has 0 spiro atoms. The highest BCUT2D eigenvalue weighted by Gasteiger charge is 2.15. The van der Waals surface area contributed by atoms with Crippen LogP contribution in [0.2, 0.25) is 0 Å². The van der Waals surface area contributed by atoms with Crippen LogP contribution in [0, 0.1) is 6.92 Å². The molecule has 0 unspecified atom stereocenters. The van der Waals surface area contributed by atoms with E-state index in [1.54, 1.807) is 0 Å². The lowest BCUT2D eigenvalue weighted by molar-refractivity contribution is 0.429. The fourth-order valence-electron chi connectivity index (χ4n) is 1.86. The highest BCUT2D eigenvalue weighted by molar-refractivity contribution is 9.10. The van der Waals surface area contributed by atoms with Gasteiger partial charge in [0.2, 0.25) is 0 Å². The fraction of sp³-hybridized carbons (Fsp3) is 0.455. The van der Waals surface area contributed by atoms with Gasteiger partial charge in [-0.1, -0.05) is 22.0 Å². The molecule has 2 nitrogen and oxygen atoms in total. The summed E-state index contributed by atoms with van der Waals surface area (Å²) in [6, 6.07) is 6.92. The predicted molar refractivity (Wildman–Crippen MR) is 62.5 cm³/mol. The summed E-state index contributed by atoms with van der Waals surface area (Å²) < 4.78 is 1.16. The minimum Gasteiger partial charge on any atom is -0.314 e. The van der Waals surface area contributed by atoms with Crippen molar-refractivity contribution in [3.8, 4) is 0 Å². The van der Waals surface area contributed by atoms with E-state index in [1.165, 1.54) is 11.1 Å². The third kappa shape index (κ3) is 2.16. The minimum atomic E-state index is 0.459. The molecule has 1 aliphatic rings. The minimum absolute atomic E-state index is 0.459. The van der Waals surface area contributed by atoms with Crippen molar-refractivity contribution in [2.24, 2.45) is 0 Å². The van der Waals surface area contributed by atoms with Crippen molar-refractivity contribution in [1.82, 2.24) is 10.6 Å². The van der Waals surface area contributed by atoms with Gasteiger partial charge in [0.25, 0.3) is 0 Å². The van der Waals surface area contributed by atoms with Crippen LogP contribution in [0.25, 0.3) is 0 Å². The second kappa shape index (κ2) is 4.43. The molecular weight excluding hydrogens is 240 g/mol. The molecule has 1 aromatic rings. The molecule has 1 heterocycles. The predicted octanol–water partition coefficient (Wildman–Crippen LogP) is 1.99. The molecule has 1 fully saturated rings. The van der Waals surface area contributed by atoms with Crippen LogP contribution < -0.4 is 10.6 Å². The maximum Gasteiger partial charge on any atom is 0.0450 e. The molecule has 3 heteroatoms. The highest BCUT2D eigenvalue weighted by Crippen LogP contribution is 2.22. The number of aryl methyl sites for hydroxylation is 1. The van der Waals surface area contributed by atoms with E-state index in [0.717, 1.165) is 24.1 Å². The van der Waals surface area contributed by atoms with Crippen molar-refractivity contribution in [3.63, 3.8) is 0 Å². The summed E-state index contributed by atoms with van der Waals surface area (Å²) in [4.78, 5) is 0. The van der Waals surface area contributed by atoms with E-state index in [1.807, 2.05) is 0 Å². The largest absolute Gasteiger partial charge is 0.314 e. The third-order valence-corrected chi connectivity index (χ3v) is 3.15. The summed E-state index contributed by atoms with van der Waals surface area (Å²) in [5.41, 5.74) is 2.75. The van der Waals surface area contributed by atoms with Crippen LogP contribution in [0.3, 0.4) is 0 Å². The van der Waals surface area contributed by atoms with Crippen molar-refractivity contribution in [1.29, 1.82) is 0 Å². The average molecular weight is 255 g/mol. The maximum atomic E-state index is 3.52. The maximum absolute atomic E-state index is 3.52. The van der Waals surface area contributed by atoms with Crippen LogP contribution in [0.1, 0.15) is 17.2 Å². The fourth-order valence-corrected chi connectivity index (χ4v) is 2.24. The molecule has 0 amide bonds. The molecule has 0 bridgehead atoms. The van der Waals surface area contributed by atoms with Gasteiger partial charge in [-0.25, -0.2) is 0 Å². The molecule has 0 aliphatic carbocycles. The van der Waals surface area contributed by atoms with Crippen molar-refractivity contribution >= 4 is 15.9 Å². The molecule has 0 saturated carbocycles. The number of rotatable bonds is 1. The van der Waals surface area contributed by atoms with Crippen LogP contribution in [-0.4, -0.2) is 19.6 Å². The zero-order chi connectivity index (χ0) is 9.97. The Kier molecular flexibility index (Phi) is 3.21. The lowest BCUT2D eigenvalue weighted by Crippen LogP contribution is -2.42. The number of benzene rings is 1. The number of hydrogen-bond acceptors (Lipinski definition) is 2. The SMILES string of the molecule is Cc1ccc(Br)cc1[C@H]1CNCCN1. The van der Waals surface area contributed by atoms with Crippen molar-refractivity contribution in [2.45, 2.75) is 13.0 Å². The molecule has 2 rings (SSSR count). The van der Waals surface area contributed by atoms with Gasteiger partial charge < -0.3 is 10.6 Å². The summed E-state index contributed by atoms with van der Waals surface area (Å²) in [6.45, 7) is 5.32. The normalized spacial score (nSPS) is 22.3. The van der Waals surface area contributed by atoms with Gasteiger partial charge >= 0.3 is 0 Å². The quantitative estimate of drug-likeness (QED) is 0.802. The Bertz CT molecular complexity index is 319. The van der Waals surface area contributed by atoms with Crippen molar-refractivity contribution in [3.05, 3.63) is 33.8 Å². The van der Waals surface area contributed by atoms with Gasteiger partial charge in [0.05, 0.1) is 0 Å². The van der Waals surface area contributed by atoms with Gasteiger partial charge in [0, 0.05) is 30.1 Å². The Balaban J connectivity index is 2.24. The number of piperazine rings is 1. The van der Waals surface area contributed by atoms with E-state index in [2.05, 4.69) is 51.7 Å². The van der Waals surface area contributed by atoms with Crippen LogP contribution >= 0.6 is 15.9 Å². The third-order valence-electron chi connectivity index (χ3n) is 2.66. The Hall–Kier alpha value is -0.380. The van der Waals surface area contributed by atoms with Crippen LogP contribution in [-0.2, 0) is 0 Å². The number of hydrogen-bond donors (Lipinski definition) is 2. The smallest absolute Gasteiger partial charge is 0.0450 e. The highest BCUT2D eigenvalue weighted by atomic mass is 79.9.